The molecule has 0 amide bonds. The van der Waals surface area contributed by atoms with Gasteiger partial charge in [-0.2, -0.15) is 0 Å². The zero-order valence-corrected chi connectivity index (χ0v) is 13.6. The summed E-state index contributed by atoms with van der Waals surface area (Å²) in [5.41, 5.74) is 3.72. The Balaban J connectivity index is 1.69. The Labute approximate surface area is 135 Å². The number of carboxylic acid groups (broad SMARTS) is 1. The van der Waals surface area contributed by atoms with Crippen molar-refractivity contribution in [1.29, 1.82) is 0 Å². The monoisotopic (exact) mass is 314 g/mol. The van der Waals surface area contributed by atoms with Crippen LogP contribution in [0.25, 0.3) is 0 Å². The summed E-state index contributed by atoms with van der Waals surface area (Å²) in [7, 11) is 0. The number of hydrogen-bond donors (Lipinski definition) is 1. The van der Waals surface area contributed by atoms with E-state index in [9.17, 15) is 4.79 Å². The molecule has 0 bridgehead atoms. The maximum absolute atomic E-state index is 11.0. The molecule has 0 spiro atoms. The number of rotatable bonds is 4. The summed E-state index contributed by atoms with van der Waals surface area (Å²) in [5.74, 6) is 0.475. The molecule has 0 radical (unpaired) electrons. The summed E-state index contributed by atoms with van der Waals surface area (Å²) < 4.78 is 5.25. The lowest BCUT2D eigenvalue weighted by Crippen LogP contribution is -2.34. The summed E-state index contributed by atoms with van der Waals surface area (Å²) >= 11 is 0. The lowest BCUT2D eigenvalue weighted by molar-refractivity contribution is 0.0697. The molecule has 1 N–H and O–H groups in total. The smallest absolute Gasteiger partial charge is 0.335 e. The highest BCUT2D eigenvalue weighted by Gasteiger charge is 2.23. The highest BCUT2D eigenvalue weighted by atomic mass is 16.5. The number of aryl methyl sites for hydroxylation is 2. The molecular weight excluding hydrogens is 292 g/mol. The first-order chi connectivity index (χ1) is 11.0. The Hall–Kier alpha value is -2.14. The van der Waals surface area contributed by atoms with E-state index in [2.05, 4.69) is 10.1 Å². The van der Waals surface area contributed by atoms with Crippen LogP contribution < -0.4 is 0 Å². The maximum Gasteiger partial charge on any atom is 0.335 e. The molecule has 1 fully saturated rings. The van der Waals surface area contributed by atoms with Crippen molar-refractivity contribution in [1.82, 2.24) is 10.1 Å². The zero-order chi connectivity index (χ0) is 16.4. The Morgan fingerprint density at radius 1 is 1.35 bits per heavy atom. The predicted octanol–water partition coefficient (Wildman–Crippen LogP) is 3.37. The van der Waals surface area contributed by atoms with Crippen molar-refractivity contribution in [3.8, 4) is 0 Å². The number of carbonyl (C=O) groups is 1. The van der Waals surface area contributed by atoms with E-state index in [4.69, 9.17) is 9.63 Å². The van der Waals surface area contributed by atoms with E-state index in [0.29, 0.717) is 11.5 Å². The average molecular weight is 314 g/mol. The van der Waals surface area contributed by atoms with Crippen molar-refractivity contribution in [2.75, 3.05) is 13.1 Å². The van der Waals surface area contributed by atoms with E-state index in [1.165, 1.54) is 11.1 Å². The highest BCUT2D eigenvalue weighted by molar-refractivity contribution is 5.87. The molecule has 1 aromatic heterocycles. The molecule has 3 rings (SSSR count). The third kappa shape index (κ3) is 3.45. The lowest BCUT2D eigenvalue weighted by atomic mass is 9.90. The first-order valence-electron chi connectivity index (χ1n) is 8.02. The number of piperidine rings is 1. The standard InChI is InChI=1S/C18H22N2O3/c1-12-17(13(2)23-19-12)11-20-9-3-4-16(10-20)14-5-7-15(8-6-14)18(21)22/h5-8,16H,3-4,9-11H2,1-2H3,(H,21,22)/t16-/m0/s1. The van der Waals surface area contributed by atoms with Crippen LogP contribution in [0.3, 0.4) is 0 Å². The Morgan fingerprint density at radius 3 is 2.70 bits per heavy atom. The van der Waals surface area contributed by atoms with Crippen LogP contribution >= 0.6 is 0 Å². The Kier molecular flexibility index (Phi) is 4.48. The number of hydrogen-bond acceptors (Lipinski definition) is 4. The first-order valence-corrected chi connectivity index (χ1v) is 8.02. The van der Waals surface area contributed by atoms with Gasteiger partial charge in [-0.25, -0.2) is 4.79 Å². The molecule has 5 nitrogen and oxygen atoms in total. The van der Waals surface area contributed by atoms with E-state index < -0.39 is 5.97 Å². The van der Waals surface area contributed by atoms with Gasteiger partial charge in [0.25, 0.3) is 0 Å². The van der Waals surface area contributed by atoms with Crippen LogP contribution in [0.4, 0.5) is 0 Å². The normalized spacial score (nSPS) is 19.0. The van der Waals surface area contributed by atoms with Gasteiger partial charge in [0.1, 0.15) is 5.76 Å². The summed E-state index contributed by atoms with van der Waals surface area (Å²) in [4.78, 5) is 13.4. The number of aromatic nitrogens is 1. The van der Waals surface area contributed by atoms with Gasteiger partial charge in [0.05, 0.1) is 11.3 Å². The minimum absolute atomic E-state index is 0.345. The molecule has 23 heavy (non-hydrogen) atoms. The van der Waals surface area contributed by atoms with E-state index in [-0.39, 0.29) is 0 Å². The summed E-state index contributed by atoms with van der Waals surface area (Å²) in [6.07, 6.45) is 2.29. The molecular formula is C18H22N2O3. The van der Waals surface area contributed by atoms with E-state index in [0.717, 1.165) is 43.9 Å². The highest BCUT2D eigenvalue weighted by Crippen LogP contribution is 2.28. The third-order valence-corrected chi connectivity index (χ3v) is 4.70. The quantitative estimate of drug-likeness (QED) is 0.937. The molecule has 1 aromatic carbocycles. The average Bonchev–Trinajstić information content (AvgIpc) is 2.87. The number of aromatic carboxylic acids is 1. The second kappa shape index (κ2) is 6.54. The molecule has 1 aliphatic rings. The molecule has 0 aliphatic carbocycles. The molecule has 2 heterocycles. The largest absolute Gasteiger partial charge is 0.478 e. The van der Waals surface area contributed by atoms with Gasteiger partial charge in [-0.1, -0.05) is 17.3 Å². The van der Waals surface area contributed by atoms with E-state index in [1.54, 1.807) is 12.1 Å². The summed E-state index contributed by atoms with van der Waals surface area (Å²) in [6.45, 7) is 6.87. The molecule has 0 saturated carbocycles. The van der Waals surface area contributed by atoms with Gasteiger partial charge in [0.15, 0.2) is 0 Å². The van der Waals surface area contributed by atoms with E-state index >= 15 is 0 Å². The number of benzene rings is 1. The third-order valence-electron chi connectivity index (χ3n) is 4.70. The van der Waals surface area contributed by atoms with Gasteiger partial charge in [0.2, 0.25) is 0 Å². The van der Waals surface area contributed by atoms with Crippen LogP contribution in [0, 0.1) is 13.8 Å². The van der Waals surface area contributed by atoms with Crippen molar-refractivity contribution >= 4 is 5.97 Å². The van der Waals surface area contributed by atoms with Gasteiger partial charge in [-0.3, -0.25) is 4.90 Å². The topological polar surface area (TPSA) is 66.6 Å². The number of carboxylic acids is 1. The molecule has 122 valence electrons. The van der Waals surface area contributed by atoms with Gasteiger partial charge >= 0.3 is 5.97 Å². The molecule has 5 heteroatoms. The van der Waals surface area contributed by atoms with Crippen molar-refractivity contribution < 1.29 is 14.4 Å². The second-order valence-electron chi connectivity index (χ2n) is 6.30. The van der Waals surface area contributed by atoms with Crippen LogP contribution in [-0.4, -0.2) is 34.2 Å². The Bertz CT molecular complexity index is 671. The van der Waals surface area contributed by atoms with Crippen LogP contribution in [0.15, 0.2) is 28.8 Å². The minimum atomic E-state index is -0.875. The van der Waals surface area contributed by atoms with Crippen molar-refractivity contribution in [3.05, 3.63) is 52.4 Å². The van der Waals surface area contributed by atoms with Gasteiger partial charge < -0.3 is 9.63 Å². The van der Waals surface area contributed by atoms with Crippen molar-refractivity contribution in [2.45, 2.75) is 39.2 Å². The SMILES string of the molecule is Cc1noc(C)c1CN1CCC[C@H](c2ccc(C(=O)O)cc2)C1. The van der Waals surface area contributed by atoms with Gasteiger partial charge in [0, 0.05) is 18.7 Å². The molecule has 2 aromatic rings. The van der Waals surface area contributed by atoms with Crippen molar-refractivity contribution in [3.63, 3.8) is 0 Å². The number of likely N-dealkylation sites (tertiary alicyclic amines) is 1. The molecule has 1 atom stereocenters. The fourth-order valence-corrected chi connectivity index (χ4v) is 3.32. The first kappa shape index (κ1) is 15.7. The molecule has 1 aliphatic heterocycles. The van der Waals surface area contributed by atoms with E-state index in [1.807, 2.05) is 26.0 Å². The van der Waals surface area contributed by atoms with Gasteiger partial charge in [-0.05, 0) is 56.8 Å². The zero-order valence-electron chi connectivity index (χ0n) is 13.6. The Morgan fingerprint density at radius 2 is 2.09 bits per heavy atom. The fourth-order valence-electron chi connectivity index (χ4n) is 3.32. The van der Waals surface area contributed by atoms with Crippen LogP contribution in [0.2, 0.25) is 0 Å². The number of nitrogens with zero attached hydrogens (tertiary/aromatic N) is 2. The van der Waals surface area contributed by atoms with Crippen LogP contribution in [0.1, 0.15) is 51.7 Å². The van der Waals surface area contributed by atoms with Crippen molar-refractivity contribution in [2.24, 2.45) is 0 Å². The second-order valence-corrected chi connectivity index (χ2v) is 6.30. The van der Waals surface area contributed by atoms with Gasteiger partial charge in [-0.15, -0.1) is 0 Å². The maximum atomic E-state index is 11.0. The van der Waals surface area contributed by atoms with Crippen LogP contribution in [0.5, 0.6) is 0 Å². The summed E-state index contributed by atoms with van der Waals surface area (Å²) in [6, 6.07) is 7.30. The predicted molar refractivity (Wildman–Crippen MR) is 86.6 cm³/mol. The van der Waals surface area contributed by atoms with Crippen LogP contribution in [-0.2, 0) is 6.54 Å². The minimum Gasteiger partial charge on any atom is -0.478 e. The molecule has 1 saturated heterocycles. The lowest BCUT2D eigenvalue weighted by Gasteiger charge is -2.33. The summed E-state index contributed by atoms with van der Waals surface area (Å²) in [5, 5.41) is 13.0. The molecule has 0 unspecified atom stereocenters. The fraction of sp³-hybridized carbons (Fsp3) is 0.444.